The average Bonchev–Trinajstić information content (AvgIpc) is 2.48. The molecule has 0 aliphatic rings. The minimum absolute atomic E-state index is 0.00647. The number of rotatable bonds is 15. The monoisotopic (exact) mass is 365 g/mol. The summed E-state index contributed by atoms with van der Waals surface area (Å²) in [5, 5.41) is 2.24. The smallest absolute Gasteiger partial charge is 0.305 e. The van der Waals surface area contributed by atoms with Gasteiger partial charge < -0.3 is 10.1 Å². The van der Waals surface area contributed by atoms with E-state index < -0.39 is 21.8 Å². The molecule has 0 bridgehead atoms. The zero-order valence-electron chi connectivity index (χ0n) is 14.6. The van der Waals surface area contributed by atoms with E-state index in [0.717, 1.165) is 19.3 Å². The lowest BCUT2D eigenvalue weighted by atomic mass is 10.1. The summed E-state index contributed by atoms with van der Waals surface area (Å²) in [5.41, 5.74) is 0. The lowest BCUT2D eigenvalue weighted by Crippen LogP contribution is -2.32. The van der Waals surface area contributed by atoms with E-state index in [1.165, 1.54) is 38.5 Å². The zero-order chi connectivity index (χ0) is 18.3. The van der Waals surface area contributed by atoms with E-state index in [9.17, 15) is 18.0 Å². The van der Waals surface area contributed by atoms with Crippen molar-refractivity contribution in [2.24, 2.45) is 0 Å². The SMILES string of the molecule is CCCCCCCCCCCC(=O)OCCNC(=O)CS(=O)(=O)O. The molecule has 0 fully saturated rings. The molecule has 0 unspecified atom stereocenters. The summed E-state index contributed by atoms with van der Waals surface area (Å²) in [6.45, 7) is 2.22. The first-order valence-electron chi connectivity index (χ1n) is 8.72. The summed E-state index contributed by atoms with van der Waals surface area (Å²) in [4.78, 5) is 22.5. The molecule has 1 amide bonds. The van der Waals surface area contributed by atoms with Crippen LogP contribution in [0.25, 0.3) is 0 Å². The van der Waals surface area contributed by atoms with Crippen molar-refractivity contribution >= 4 is 22.0 Å². The maximum absolute atomic E-state index is 11.5. The number of carbonyl (C=O) groups is 2. The molecule has 2 N–H and O–H groups in total. The fourth-order valence-electron chi connectivity index (χ4n) is 2.22. The van der Waals surface area contributed by atoms with Gasteiger partial charge in [-0.2, -0.15) is 8.42 Å². The average molecular weight is 365 g/mol. The predicted octanol–water partition coefficient (Wildman–Crippen LogP) is 2.45. The Bertz CT molecular complexity index is 449. The number of unbranched alkanes of at least 4 members (excludes halogenated alkanes) is 8. The molecule has 0 aromatic heterocycles. The van der Waals surface area contributed by atoms with Gasteiger partial charge in [-0.1, -0.05) is 58.3 Å². The Labute approximate surface area is 145 Å². The Morgan fingerprint density at radius 2 is 1.50 bits per heavy atom. The van der Waals surface area contributed by atoms with Gasteiger partial charge in [0, 0.05) is 6.42 Å². The normalized spacial score (nSPS) is 11.2. The van der Waals surface area contributed by atoms with Gasteiger partial charge in [0.25, 0.3) is 10.1 Å². The van der Waals surface area contributed by atoms with Crippen molar-refractivity contribution in [3.05, 3.63) is 0 Å². The largest absolute Gasteiger partial charge is 0.464 e. The number of amides is 1. The van der Waals surface area contributed by atoms with E-state index in [4.69, 9.17) is 9.29 Å². The lowest BCUT2D eigenvalue weighted by molar-refractivity contribution is -0.144. The van der Waals surface area contributed by atoms with Gasteiger partial charge in [-0.15, -0.1) is 0 Å². The number of ether oxygens (including phenoxy) is 1. The van der Waals surface area contributed by atoms with Crippen molar-refractivity contribution in [2.45, 2.75) is 71.1 Å². The third-order valence-corrected chi connectivity index (χ3v) is 4.11. The first kappa shape index (κ1) is 22.9. The third-order valence-electron chi connectivity index (χ3n) is 3.49. The van der Waals surface area contributed by atoms with Crippen LogP contribution in [-0.4, -0.2) is 43.8 Å². The summed E-state index contributed by atoms with van der Waals surface area (Å²) in [5.74, 6) is -2.13. The zero-order valence-corrected chi connectivity index (χ0v) is 15.4. The molecule has 7 nitrogen and oxygen atoms in total. The highest BCUT2D eigenvalue weighted by Gasteiger charge is 2.12. The van der Waals surface area contributed by atoms with Gasteiger partial charge in [0.05, 0.1) is 6.54 Å². The van der Waals surface area contributed by atoms with Crippen LogP contribution in [0, 0.1) is 0 Å². The Hall–Kier alpha value is -1.15. The highest BCUT2D eigenvalue weighted by atomic mass is 32.2. The van der Waals surface area contributed by atoms with Gasteiger partial charge in [0.1, 0.15) is 6.61 Å². The van der Waals surface area contributed by atoms with Crippen molar-refractivity contribution in [1.29, 1.82) is 0 Å². The van der Waals surface area contributed by atoms with Crippen LogP contribution in [0.4, 0.5) is 0 Å². The lowest BCUT2D eigenvalue weighted by Gasteiger charge is -2.06. The summed E-state index contributed by atoms with van der Waals surface area (Å²) >= 11 is 0. The number of hydrogen-bond acceptors (Lipinski definition) is 5. The molecule has 142 valence electrons. The summed E-state index contributed by atoms with van der Waals surface area (Å²) < 4.78 is 34.3. The number of hydrogen-bond donors (Lipinski definition) is 2. The molecule has 0 rings (SSSR count). The molecule has 24 heavy (non-hydrogen) atoms. The van der Waals surface area contributed by atoms with Gasteiger partial charge in [0.2, 0.25) is 5.91 Å². The highest BCUT2D eigenvalue weighted by Crippen LogP contribution is 2.10. The van der Waals surface area contributed by atoms with Crippen LogP contribution in [0.3, 0.4) is 0 Å². The molecule has 0 saturated carbocycles. The molecule has 0 aliphatic carbocycles. The van der Waals surface area contributed by atoms with E-state index >= 15 is 0 Å². The fourth-order valence-corrected chi connectivity index (χ4v) is 2.66. The number of nitrogens with one attached hydrogen (secondary N) is 1. The molecule has 0 radical (unpaired) electrons. The quantitative estimate of drug-likeness (QED) is 0.262. The first-order chi connectivity index (χ1) is 11.3. The van der Waals surface area contributed by atoms with Crippen molar-refractivity contribution < 1.29 is 27.3 Å². The standard InChI is InChI=1S/C16H31NO6S/c1-2-3-4-5-6-7-8-9-10-11-16(19)23-13-12-17-15(18)14-24(20,21)22/h2-14H2,1H3,(H,17,18)(H,20,21,22). The van der Waals surface area contributed by atoms with E-state index in [0.29, 0.717) is 6.42 Å². The van der Waals surface area contributed by atoms with Gasteiger partial charge in [-0.05, 0) is 6.42 Å². The Balaban J connectivity index is 3.40. The van der Waals surface area contributed by atoms with Crippen LogP contribution in [-0.2, 0) is 24.4 Å². The van der Waals surface area contributed by atoms with E-state index in [2.05, 4.69) is 12.2 Å². The maximum Gasteiger partial charge on any atom is 0.305 e. The first-order valence-corrected chi connectivity index (χ1v) is 10.3. The van der Waals surface area contributed by atoms with Crippen molar-refractivity contribution in [1.82, 2.24) is 5.32 Å². The molecule has 0 saturated heterocycles. The Kier molecular flexibility index (Phi) is 13.5. The second kappa shape index (κ2) is 14.2. The summed E-state index contributed by atoms with van der Waals surface area (Å²) in [6.07, 6.45) is 10.9. The second-order valence-electron chi connectivity index (χ2n) is 5.88. The summed E-state index contributed by atoms with van der Waals surface area (Å²) in [6, 6.07) is 0. The Morgan fingerprint density at radius 1 is 0.958 bits per heavy atom. The van der Waals surface area contributed by atoms with Crippen LogP contribution in [0.5, 0.6) is 0 Å². The number of carbonyl (C=O) groups excluding carboxylic acids is 2. The van der Waals surface area contributed by atoms with Crippen LogP contribution in [0.2, 0.25) is 0 Å². The van der Waals surface area contributed by atoms with Crippen LogP contribution in [0.1, 0.15) is 71.1 Å². The molecular formula is C16H31NO6S. The third kappa shape index (κ3) is 17.2. The molecular weight excluding hydrogens is 334 g/mol. The van der Waals surface area contributed by atoms with E-state index in [-0.39, 0.29) is 19.1 Å². The number of esters is 1. The molecule has 8 heteroatoms. The molecule has 0 aliphatic heterocycles. The molecule has 0 spiro atoms. The second-order valence-corrected chi connectivity index (χ2v) is 7.33. The van der Waals surface area contributed by atoms with Gasteiger partial charge in [-0.3, -0.25) is 14.1 Å². The van der Waals surface area contributed by atoms with Gasteiger partial charge in [-0.25, -0.2) is 0 Å². The Morgan fingerprint density at radius 3 is 2.04 bits per heavy atom. The summed E-state index contributed by atoms with van der Waals surface area (Å²) in [7, 11) is -4.32. The van der Waals surface area contributed by atoms with Crippen molar-refractivity contribution in [3.8, 4) is 0 Å². The van der Waals surface area contributed by atoms with Crippen LogP contribution >= 0.6 is 0 Å². The fraction of sp³-hybridized carbons (Fsp3) is 0.875. The van der Waals surface area contributed by atoms with Crippen molar-refractivity contribution in [2.75, 3.05) is 18.9 Å². The van der Waals surface area contributed by atoms with E-state index in [1.54, 1.807) is 0 Å². The minimum atomic E-state index is -4.32. The van der Waals surface area contributed by atoms with Crippen molar-refractivity contribution in [3.63, 3.8) is 0 Å². The van der Waals surface area contributed by atoms with Crippen LogP contribution in [0.15, 0.2) is 0 Å². The molecule has 0 aromatic carbocycles. The molecule has 0 aromatic rings. The van der Waals surface area contributed by atoms with E-state index in [1.807, 2.05) is 0 Å². The minimum Gasteiger partial charge on any atom is -0.464 e. The van der Waals surface area contributed by atoms with Gasteiger partial charge >= 0.3 is 5.97 Å². The molecule has 0 atom stereocenters. The predicted molar refractivity (Wildman–Crippen MR) is 92.2 cm³/mol. The maximum atomic E-state index is 11.5. The molecule has 0 heterocycles. The van der Waals surface area contributed by atoms with Gasteiger partial charge in [0.15, 0.2) is 5.75 Å². The van der Waals surface area contributed by atoms with Crippen LogP contribution < -0.4 is 5.32 Å². The highest BCUT2D eigenvalue weighted by molar-refractivity contribution is 7.86. The topological polar surface area (TPSA) is 110 Å².